The van der Waals surface area contributed by atoms with Gasteiger partial charge < -0.3 is 9.47 Å². The Morgan fingerprint density at radius 1 is 1.19 bits per heavy atom. The van der Waals surface area contributed by atoms with Gasteiger partial charge in [0.25, 0.3) is 6.04 Å². The van der Waals surface area contributed by atoms with Gasteiger partial charge in [0.2, 0.25) is 0 Å². The summed E-state index contributed by atoms with van der Waals surface area (Å²) in [6.07, 6.45) is -0.294. The first kappa shape index (κ1) is 13.4. The van der Waals surface area contributed by atoms with Gasteiger partial charge in [-0.25, -0.2) is 0 Å². The fraction of sp³-hybridized carbons (Fsp3) is 0.250. The normalized spacial score (nSPS) is 20.2. The highest BCUT2D eigenvalue weighted by Gasteiger charge is 2.40. The number of hydrogen-bond acceptors (Lipinski definition) is 4. The van der Waals surface area contributed by atoms with Gasteiger partial charge in [-0.05, 0) is 12.1 Å². The Kier molecular flexibility index (Phi) is 3.48. The zero-order chi connectivity index (χ0) is 14.8. The summed E-state index contributed by atoms with van der Waals surface area (Å²) in [7, 11) is 1.55. The second-order valence-electron chi connectivity index (χ2n) is 4.94. The highest BCUT2D eigenvalue weighted by molar-refractivity contribution is 5.41. The molecule has 0 spiro atoms. The molecule has 0 saturated heterocycles. The van der Waals surface area contributed by atoms with Crippen LogP contribution in [0.3, 0.4) is 0 Å². The highest BCUT2D eigenvalue weighted by atomic mass is 16.6. The Morgan fingerprint density at radius 2 is 1.90 bits per heavy atom. The van der Waals surface area contributed by atoms with E-state index in [9.17, 15) is 10.1 Å². The third kappa shape index (κ3) is 2.42. The van der Waals surface area contributed by atoms with Gasteiger partial charge in [0, 0.05) is 22.5 Å². The van der Waals surface area contributed by atoms with Crippen molar-refractivity contribution in [3.05, 3.63) is 69.8 Å². The standard InChI is InChI=1S/C16H15NO4/c1-20-15-9-5-3-7-12(15)16-13(17(18)19)10-11-6-2-4-8-14(11)21-16/h2-9,13,16H,10H2,1H3/t13-,16-/m0/s1. The van der Waals surface area contributed by atoms with Crippen LogP contribution in [0.15, 0.2) is 48.5 Å². The molecular formula is C16H15NO4. The van der Waals surface area contributed by atoms with Gasteiger partial charge in [-0.1, -0.05) is 36.4 Å². The average molecular weight is 285 g/mol. The smallest absolute Gasteiger partial charge is 0.257 e. The molecule has 0 N–H and O–H groups in total. The topological polar surface area (TPSA) is 61.6 Å². The number of fused-ring (bicyclic) bond motifs is 1. The van der Waals surface area contributed by atoms with E-state index in [0.717, 1.165) is 5.56 Å². The number of para-hydroxylation sites is 2. The summed E-state index contributed by atoms with van der Waals surface area (Å²) in [5, 5.41) is 11.4. The molecular weight excluding hydrogens is 270 g/mol. The number of nitrogens with zero attached hydrogens (tertiary/aromatic N) is 1. The summed E-state index contributed by atoms with van der Waals surface area (Å²) in [6, 6.07) is 13.9. The first-order valence-corrected chi connectivity index (χ1v) is 6.71. The van der Waals surface area contributed by atoms with Crippen molar-refractivity contribution in [2.45, 2.75) is 18.6 Å². The monoisotopic (exact) mass is 285 g/mol. The van der Waals surface area contributed by atoms with E-state index in [1.807, 2.05) is 42.5 Å². The fourth-order valence-corrected chi connectivity index (χ4v) is 2.69. The van der Waals surface area contributed by atoms with Crippen LogP contribution in [-0.4, -0.2) is 18.1 Å². The van der Waals surface area contributed by atoms with Crippen LogP contribution in [-0.2, 0) is 6.42 Å². The van der Waals surface area contributed by atoms with Gasteiger partial charge in [-0.15, -0.1) is 0 Å². The molecule has 0 saturated carbocycles. The maximum absolute atomic E-state index is 11.4. The van der Waals surface area contributed by atoms with Gasteiger partial charge in [0.05, 0.1) is 7.11 Å². The number of ether oxygens (including phenoxy) is 2. The van der Waals surface area contributed by atoms with E-state index in [4.69, 9.17) is 9.47 Å². The van der Waals surface area contributed by atoms with E-state index in [1.165, 1.54) is 0 Å². The summed E-state index contributed by atoms with van der Waals surface area (Å²) in [5.41, 5.74) is 1.57. The maximum Gasteiger partial charge on any atom is 0.257 e. The Labute approximate surface area is 122 Å². The van der Waals surface area contributed by atoms with Gasteiger partial charge >= 0.3 is 0 Å². The summed E-state index contributed by atoms with van der Waals surface area (Å²) in [4.78, 5) is 11.2. The minimum absolute atomic E-state index is 0.271. The van der Waals surface area contributed by atoms with Crippen molar-refractivity contribution in [2.24, 2.45) is 0 Å². The van der Waals surface area contributed by atoms with Crippen LogP contribution >= 0.6 is 0 Å². The van der Waals surface area contributed by atoms with Crippen molar-refractivity contribution < 1.29 is 14.4 Å². The lowest BCUT2D eigenvalue weighted by atomic mass is 9.92. The number of nitro groups is 1. The zero-order valence-electron chi connectivity index (χ0n) is 11.6. The summed E-state index contributed by atoms with van der Waals surface area (Å²) < 4.78 is 11.2. The molecule has 0 bridgehead atoms. The zero-order valence-corrected chi connectivity index (χ0v) is 11.6. The molecule has 3 rings (SSSR count). The molecule has 21 heavy (non-hydrogen) atoms. The Morgan fingerprint density at radius 3 is 2.67 bits per heavy atom. The molecule has 1 heterocycles. The Hall–Kier alpha value is -2.56. The minimum Gasteiger partial charge on any atom is -0.496 e. The van der Waals surface area contributed by atoms with Crippen LogP contribution in [0, 0.1) is 10.1 Å². The van der Waals surface area contributed by atoms with Gasteiger partial charge in [-0.2, -0.15) is 0 Å². The molecule has 2 aromatic carbocycles. The molecule has 108 valence electrons. The predicted molar refractivity (Wildman–Crippen MR) is 77.3 cm³/mol. The lowest BCUT2D eigenvalue weighted by molar-refractivity contribution is -0.535. The Bertz CT molecular complexity index is 671. The second kappa shape index (κ2) is 5.44. The van der Waals surface area contributed by atoms with Crippen molar-refractivity contribution in [3.63, 3.8) is 0 Å². The van der Waals surface area contributed by atoms with Crippen LogP contribution < -0.4 is 9.47 Å². The van der Waals surface area contributed by atoms with Crippen LogP contribution in [0.4, 0.5) is 0 Å². The summed E-state index contributed by atoms with van der Waals surface area (Å²) >= 11 is 0. The first-order chi connectivity index (χ1) is 10.2. The molecule has 1 aliphatic rings. The quantitative estimate of drug-likeness (QED) is 0.642. The number of benzene rings is 2. The van der Waals surface area contributed by atoms with E-state index in [-0.39, 0.29) is 4.92 Å². The third-order valence-corrected chi connectivity index (χ3v) is 3.72. The maximum atomic E-state index is 11.4. The molecule has 5 nitrogen and oxygen atoms in total. The number of rotatable bonds is 3. The molecule has 0 amide bonds. The van der Waals surface area contributed by atoms with Crippen molar-refractivity contribution in [1.29, 1.82) is 0 Å². The Balaban J connectivity index is 2.05. The predicted octanol–water partition coefficient (Wildman–Crippen LogP) is 3.02. The van der Waals surface area contributed by atoms with Gasteiger partial charge in [0.15, 0.2) is 6.10 Å². The molecule has 5 heteroatoms. The number of hydrogen-bond donors (Lipinski definition) is 0. The van der Waals surface area contributed by atoms with Crippen molar-refractivity contribution in [3.8, 4) is 11.5 Å². The molecule has 0 fully saturated rings. The molecule has 2 atom stereocenters. The molecule has 0 unspecified atom stereocenters. The molecule has 1 aliphatic heterocycles. The SMILES string of the molecule is COc1ccccc1[C@@H]1Oc2ccccc2C[C@@H]1[N+](=O)[O-]. The van der Waals surface area contributed by atoms with E-state index >= 15 is 0 Å². The van der Waals surface area contributed by atoms with Crippen LogP contribution in [0.5, 0.6) is 11.5 Å². The lowest BCUT2D eigenvalue weighted by Crippen LogP contribution is -2.36. The van der Waals surface area contributed by atoms with Gasteiger partial charge in [-0.3, -0.25) is 10.1 Å². The highest BCUT2D eigenvalue weighted by Crippen LogP contribution is 2.39. The third-order valence-electron chi connectivity index (χ3n) is 3.72. The fourth-order valence-electron chi connectivity index (χ4n) is 2.69. The van der Waals surface area contributed by atoms with Gasteiger partial charge in [0.1, 0.15) is 11.5 Å². The van der Waals surface area contributed by atoms with E-state index < -0.39 is 12.1 Å². The van der Waals surface area contributed by atoms with Crippen molar-refractivity contribution in [2.75, 3.05) is 7.11 Å². The van der Waals surface area contributed by atoms with Crippen LogP contribution in [0.2, 0.25) is 0 Å². The van der Waals surface area contributed by atoms with E-state index in [2.05, 4.69) is 0 Å². The molecule has 2 aromatic rings. The number of methoxy groups -OCH3 is 1. The first-order valence-electron chi connectivity index (χ1n) is 6.71. The van der Waals surface area contributed by atoms with Crippen LogP contribution in [0.25, 0.3) is 0 Å². The van der Waals surface area contributed by atoms with E-state index in [1.54, 1.807) is 13.2 Å². The summed E-state index contributed by atoms with van der Waals surface area (Å²) in [6.45, 7) is 0. The van der Waals surface area contributed by atoms with E-state index in [0.29, 0.717) is 23.5 Å². The molecule has 0 aromatic heterocycles. The van der Waals surface area contributed by atoms with Crippen LogP contribution in [0.1, 0.15) is 17.2 Å². The lowest BCUT2D eigenvalue weighted by Gasteiger charge is -2.29. The van der Waals surface area contributed by atoms with Crippen molar-refractivity contribution in [1.82, 2.24) is 0 Å². The average Bonchev–Trinajstić information content (AvgIpc) is 2.53. The van der Waals surface area contributed by atoms with Crippen molar-refractivity contribution >= 4 is 0 Å². The minimum atomic E-state index is -0.823. The second-order valence-corrected chi connectivity index (χ2v) is 4.94. The molecule has 0 radical (unpaired) electrons. The molecule has 0 aliphatic carbocycles. The largest absolute Gasteiger partial charge is 0.496 e. The summed E-state index contributed by atoms with van der Waals surface area (Å²) in [5.74, 6) is 1.31.